The van der Waals surface area contributed by atoms with Gasteiger partial charge in [-0.05, 0) is 39.3 Å². The molecular formula is C11H25NO2. The largest absolute Gasteiger partial charge is 0.382 e. The number of unbranched alkanes of at least 4 members (excludes halogenated alkanes) is 1. The quantitative estimate of drug-likeness (QED) is 0.549. The first-order valence-electron chi connectivity index (χ1n) is 5.62. The Morgan fingerprint density at radius 1 is 1.21 bits per heavy atom. The molecular weight excluding hydrogens is 178 g/mol. The lowest BCUT2D eigenvalue weighted by molar-refractivity contribution is 0.00782. The molecule has 1 N–H and O–H groups in total. The highest BCUT2D eigenvalue weighted by atomic mass is 16.5. The van der Waals surface area contributed by atoms with E-state index in [0.717, 1.165) is 26.1 Å². The van der Waals surface area contributed by atoms with Gasteiger partial charge < -0.3 is 14.8 Å². The molecule has 1 atom stereocenters. The third-order valence-corrected chi connectivity index (χ3v) is 1.98. The predicted octanol–water partition coefficient (Wildman–Crippen LogP) is 1.82. The molecule has 0 amide bonds. The summed E-state index contributed by atoms with van der Waals surface area (Å²) >= 11 is 0. The van der Waals surface area contributed by atoms with Crippen LogP contribution in [0.3, 0.4) is 0 Å². The summed E-state index contributed by atoms with van der Waals surface area (Å²) in [4.78, 5) is 0. The molecule has 0 aromatic rings. The average molecular weight is 203 g/mol. The Bertz CT molecular complexity index is 109. The van der Waals surface area contributed by atoms with Crippen molar-refractivity contribution >= 4 is 0 Å². The maximum absolute atomic E-state index is 5.54. The summed E-state index contributed by atoms with van der Waals surface area (Å²) in [6.07, 6.45) is 3.76. The van der Waals surface area contributed by atoms with Crippen molar-refractivity contribution in [3.05, 3.63) is 0 Å². The third-order valence-electron chi connectivity index (χ3n) is 1.98. The molecule has 0 aromatic carbocycles. The van der Waals surface area contributed by atoms with Crippen LogP contribution in [0.25, 0.3) is 0 Å². The van der Waals surface area contributed by atoms with Gasteiger partial charge in [-0.25, -0.2) is 0 Å². The van der Waals surface area contributed by atoms with Crippen molar-refractivity contribution < 1.29 is 9.47 Å². The average Bonchev–Trinajstić information content (AvgIpc) is 2.17. The summed E-state index contributed by atoms with van der Waals surface area (Å²) < 4.78 is 10.5. The third kappa shape index (κ3) is 9.96. The van der Waals surface area contributed by atoms with Crippen LogP contribution < -0.4 is 5.32 Å². The van der Waals surface area contributed by atoms with Crippen molar-refractivity contribution in [2.24, 2.45) is 0 Å². The van der Waals surface area contributed by atoms with E-state index in [9.17, 15) is 0 Å². The second-order valence-electron chi connectivity index (χ2n) is 3.59. The van der Waals surface area contributed by atoms with Crippen LogP contribution in [0.2, 0.25) is 0 Å². The maximum atomic E-state index is 5.54. The molecule has 0 aromatic heterocycles. The van der Waals surface area contributed by atoms with Gasteiger partial charge in [-0.2, -0.15) is 0 Å². The number of nitrogens with one attached hydrogen (secondary N) is 1. The van der Waals surface area contributed by atoms with Gasteiger partial charge in [0.1, 0.15) is 0 Å². The number of hydrogen-bond acceptors (Lipinski definition) is 3. The van der Waals surface area contributed by atoms with Crippen LogP contribution in [0.15, 0.2) is 0 Å². The molecule has 0 rings (SSSR count). The fourth-order valence-corrected chi connectivity index (χ4v) is 1.22. The highest BCUT2D eigenvalue weighted by Crippen LogP contribution is 1.95. The fourth-order valence-electron chi connectivity index (χ4n) is 1.22. The number of ether oxygens (including phenoxy) is 2. The smallest absolute Gasteiger partial charge is 0.0780 e. The van der Waals surface area contributed by atoms with Gasteiger partial charge in [0.2, 0.25) is 0 Å². The van der Waals surface area contributed by atoms with Crippen LogP contribution in [0.4, 0.5) is 0 Å². The highest BCUT2D eigenvalue weighted by molar-refractivity contribution is 4.49. The zero-order valence-electron chi connectivity index (χ0n) is 9.84. The predicted molar refractivity (Wildman–Crippen MR) is 59.7 cm³/mol. The maximum Gasteiger partial charge on any atom is 0.0780 e. The van der Waals surface area contributed by atoms with Gasteiger partial charge in [-0.1, -0.05) is 6.92 Å². The Morgan fingerprint density at radius 3 is 2.64 bits per heavy atom. The standard InChI is InChI=1S/C11H25NO2/c1-4-7-12-8-5-6-9-14-11(2)10-13-3/h11-12H,4-10H2,1-3H3. The monoisotopic (exact) mass is 203 g/mol. The lowest BCUT2D eigenvalue weighted by Gasteiger charge is -2.11. The van der Waals surface area contributed by atoms with E-state index in [1.165, 1.54) is 12.8 Å². The molecule has 0 aliphatic heterocycles. The van der Waals surface area contributed by atoms with E-state index in [1.54, 1.807) is 7.11 Å². The van der Waals surface area contributed by atoms with Crippen molar-refractivity contribution in [3.63, 3.8) is 0 Å². The van der Waals surface area contributed by atoms with Crippen molar-refractivity contribution in [1.29, 1.82) is 0 Å². The van der Waals surface area contributed by atoms with Crippen LogP contribution in [0.1, 0.15) is 33.1 Å². The van der Waals surface area contributed by atoms with E-state index in [4.69, 9.17) is 9.47 Å². The Hall–Kier alpha value is -0.120. The first-order chi connectivity index (χ1) is 6.81. The van der Waals surface area contributed by atoms with Gasteiger partial charge >= 0.3 is 0 Å². The molecule has 0 bridgehead atoms. The van der Waals surface area contributed by atoms with Crippen LogP contribution in [-0.2, 0) is 9.47 Å². The van der Waals surface area contributed by atoms with Crippen LogP contribution >= 0.6 is 0 Å². The summed E-state index contributed by atoms with van der Waals surface area (Å²) in [6.45, 7) is 7.99. The molecule has 3 heteroatoms. The van der Waals surface area contributed by atoms with E-state index >= 15 is 0 Å². The first kappa shape index (κ1) is 13.9. The summed E-state index contributed by atoms with van der Waals surface area (Å²) in [5.41, 5.74) is 0. The van der Waals surface area contributed by atoms with E-state index in [1.807, 2.05) is 6.92 Å². The number of methoxy groups -OCH3 is 1. The number of hydrogen-bond donors (Lipinski definition) is 1. The van der Waals surface area contributed by atoms with Crippen molar-refractivity contribution in [1.82, 2.24) is 5.32 Å². The van der Waals surface area contributed by atoms with E-state index < -0.39 is 0 Å². The second kappa shape index (κ2) is 11.0. The van der Waals surface area contributed by atoms with E-state index in [0.29, 0.717) is 6.61 Å². The van der Waals surface area contributed by atoms with Gasteiger partial charge in [0.15, 0.2) is 0 Å². The summed E-state index contributed by atoms with van der Waals surface area (Å²) in [7, 11) is 1.70. The SMILES string of the molecule is CCCNCCCCOC(C)COC. The molecule has 0 saturated heterocycles. The minimum atomic E-state index is 0.226. The van der Waals surface area contributed by atoms with Crippen LogP contribution in [0.5, 0.6) is 0 Å². The van der Waals surface area contributed by atoms with Crippen molar-refractivity contribution in [2.75, 3.05) is 33.4 Å². The van der Waals surface area contributed by atoms with Gasteiger partial charge in [0.05, 0.1) is 12.7 Å². The fraction of sp³-hybridized carbons (Fsp3) is 1.00. The lowest BCUT2D eigenvalue weighted by atomic mass is 10.3. The Kier molecular flexibility index (Phi) is 10.9. The first-order valence-corrected chi connectivity index (χ1v) is 5.62. The number of rotatable bonds is 10. The van der Waals surface area contributed by atoms with Gasteiger partial charge in [0.25, 0.3) is 0 Å². The summed E-state index contributed by atoms with van der Waals surface area (Å²) in [5, 5.41) is 3.37. The molecule has 0 spiro atoms. The highest BCUT2D eigenvalue weighted by Gasteiger charge is 1.99. The Labute approximate surface area is 88.2 Å². The second-order valence-corrected chi connectivity index (χ2v) is 3.59. The van der Waals surface area contributed by atoms with Crippen LogP contribution in [0, 0.1) is 0 Å². The van der Waals surface area contributed by atoms with E-state index in [-0.39, 0.29) is 6.10 Å². The van der Waals surface area contributed by atoms with Crippen molar-refractivity contribution in [2.45, 2.75) is 39.2 Å². The molecule has 0 fully saturated rings. The van der Waals surface area contributed by atoms with Crippen LogP contribution in [-0.4, -0.2) is 39.5 Å². The van der Waals surface area contributed by atoms with Gasteiger partial charge in [0, 0.05) is 13.7 Å². The zero-order chi connectivity index (χ0) is 10.6. The molecule has 0 radical (unpaired) electrons. The van der Waals surface area contributed by atoms with Gasteiger partial charge in [-0.3, -0.25) is 0 Å². The topological polar surface area (TPSA) is 30.5 Å². The Morgan fingerprint density at radius 2 is 2.00 bits per heavy atom. The molecule has 0 aliphatic carbocycles. The zero-order valence-corrected chi connectivity index (χ0v) is 9.84. The minimum absolute atomic E-state index is 0.226. The molecule has 14 heavy (non-hydrogen) atoms. The summed E-state index contributed by atoms with van der Waals surface area (Å²) in [6, 6.07) is 0. The molecule has 0 saturated carbocycles. The molecule has 3 nitrogen and oxygen atoms in total. The van der Waals surface area contributed by atoms with Crippen molar-refractivity contribution in [3.8, 4) is 0 Å². The summed E-state index contributed by atoms with van der Waals surface area (Å²) in [5.74, 6) is 0. The lowest BCUT2D eigenvalue weighted by Crippen LogP contribution is -2.18. The Balaban J connectivity index is 2.98. The normalized spacial score (nSPS) is 13.1. The molecule has 1 unspecified atom stereocenters. The minimum Gasteiger partial charge on any atom is -0.382 e. The van der Waals surface area contributed by atoms with Gasteiger partial charge in [-0.15, -0.1) is 0 Å². The molecule has 0 aliphatic rings. The molecule has 86 valence electrons. The van der Waals surface area contributed by atoms with E-state index in [2.05, 4.69) is 12.2 Å². The molecule has 0 heterocycles.